The van der Waals surface area contributed by atoms with E-state index in [0.29, 0.717) is 0 Å². The molecule has 3 nitrogen and oxygen atoms in total. The number of carbonyl (C=O) groups is 1. The molecule has 1 aromatic carbocycles. The third-order valence-corrected chi connectivity index (χ3v) is 4.29. The summed E-state index contributed by atoms with van der Waals surface area (Å²) in [5, 5.41) is 3.48. The summed E-state index contributed by atoms with van der Waals surface area (Å²) in [6.07, 6.45) is 5.47. The highest BCUT2D eigenvalue weighted by Gasteiger charge is 2.42. The van der Waals surface area contributed by atoms with Gasteiger partial charge in [-0.1, -0.05) is 24.3 Å². The van der Waals surface area contributed by atoms with Crippen LogP contribution < -0.4 is 11.1 Å². The minimum Gasteiger partial charge on any atom is -0.368 e. The number of carbonyl (C=O) groups excluding carboxylic acids is 1. The van der Waals surface area contributed by atoms with Gasteiger partial charge in [0.25, 0.3) is 0 Å². The van der Waals surface area contributed by atoms with Crippen molar-refractivity contribution in [2.24, 2.45) is 11.7 Å². The largest absolute Gasteiger partial charge is 0.368 e. The van der Waals surface area contributed by atoms with Crippen LogP contribution in [0.25, 0.3) is 0 Å². The molecule has 0 spiro atoms. The smallest absolute Gasteiger partial charge is 0.242 e. The highest BCUT2D eigenvalue weighted by atomic mass is 16.1. The summed E-state index contributed by atoms with van der Waals surface area (Å²) in [5.41, 5.74) is 7.47. The fourth-order valence-corrected chi connectivity index (χ4v) is 3.00. The molecule has 0 heterocycles. The van der Waals surface area contributed by atoms with Gasteiger partial charge in [-0.25, -0.2) is 0 Å². The van der Waals surface area contributed by atoms with Gasteiger partial charge in [-0.2, -0.15) is 0 Å². The maximum atomic E-state index is 12.0. The molecule has 1 aromatic rings. The normalized spacial score (nSPS) is 26.7. The Labute approximate surface area is 108 Å². The first kappa shape index (κ1) is 11.7. The molecule has 1 fully saturated rings. The van der Waals surface area contributed by atoms with E-state index in [0.717, 1.165) is 37.3 Å². The van der Waals surface area contributed by atoms with Crippen LogP contribution in [-0.4, -0.2) is 12.5 Å². The Morgan fingerprint density at radius 1 is 1.39 bits per heavy atom. The second-order valence-corrected chi connectivity index (χ2v) is 5.60. The van der Waals surface area contributed by atoms with Gasteiger partial charge in [0.05, 0.1) is 0 Å². The van der Waals surface area contributed by atoms with Crippen molar-refractivity contribution in [1.29, 1.82) is 0 Å². The molecule has 2 aliphatic rings. The van der Waals surface area contributed by atoms with E-state index in [-0.39, 0.29) is 5.91 Å². The van der Waals surface area contributed by atoms with Crippen LogP contribution in [0.4, 0.5) is 0 Å². The number of aryl methyl sites for hydroxylation is 1. The molecule has 1 amide bonds. The van der Waals surface area contributed by atoms with E-state index < -0.39 is 5.54 Å². The van der Waals surface area contributed by atoms with E-state index in [1.807, 2.05) is 12.1 Å². The molecule has 18 heavy (non-hydrogen) atoms. The zero-order valence-corrected chi connectivity index (χ0v) is 10.6. The van der Waals surface area contributed by atoms with Crippen molar-refractivity contribution in [3.05, 3.63) is 35.4 Å². The fraction of sp³-hybridized carbons (Fsp3) is 0.533. The van der Waals surface area contributed by atoms with E-state index in [2.05, 4.69) is 17.4 Å². The number of fused-ring (bicyclic) bond motifs is 1. The van der Waals surface area contributed by atoms with Gasteiger partial charge >= 0.3 is 0 Å². The van der Waals surface area contributed by atoms with E-state index in [1.54, 1.807) is 0 Å². The van der Waals surface area contributed by atoms with Crippen LogP contribution in [0.2, 0.25) is 0 Å². The summed E-state index contributed by atoms with van der Waals surface area (Å²) in [5.74, 6) is 0.519. The molecule has 0 aliphatic heterocycles. The predicted octanol–water partition coefficient (Wildman–Crippen LogP) is 1.70. The van der Waals surface area contributed by atoms with Crippen molar-refractivity contribution >= 4 is 5.91 Å². The van der Waals surface area contributed by atoms with Crippen LogP contribution in [0.5, 0.6) is 0 Å². The first-order valence-corrected chi connectivity index (χ1v) is 6.86. The van der Waals surface area contributed by atoms with Crippen molar-refractivity contribution < 1.29 is 4.79 Å². The zero-order valence-electron chi connectivity index (χ0n) is 10.6. The fourth-order valence-electron chi connectivity index (χ4n) is 3.00. The molecule has 2 aliphatic carbocycles. The molecule has 0 radical (unpaired) electrons. The van der Waals surface area contributed by atoms with Gasteiger partial charge in [-0.05, 0) is 55.7 Å². The van der Waals surface area contributed by atoms with Gasteiger partial charge in [0, 0.05) is 0 Å². The number of hydrogen-bond donors (Lipinski definition) is 2. The van der Waals surface area contributed by atoms with Crippen LogP contribution in [0.15, 0.2) is 24.3 Å². The molecular weight excluding hydrogens is 224 g/mol. The molecule has 1 saturated carbocycles. The Kier molecular flexibility index (Phi) is 2.86. The quantitative estimate of drug-likeness (QED) is 0.847. The molecule has 3 rings (SSSR count). The lowest BCUT2D eigenvalue weighted by Gasteiger charge is -2.37. The SMILES string of the molecule is NC(=O)C1(NCC2CC2)CCCc2ccccc21. The van der Waals surface area contributed by atoms with Crippen LogP contribution in [0.3, 0.4) is 0 Å². The minimum absolute atomic E-state index is 0.227. The lowest BCUT2D eigenvalue weighted by atomic mass is 9.76. The van der Waals surface area contributed by atoms with E-state index in [4.69, 9.17) is 5.73 Å². The third-order valence-electron chi connectivity index (χ3n) is 4.29. The second kappa shape index (κ2) is 4.39. The molecule has 0 aromatic heterocycles. The predicted molar refractivity (Wildman–Crippen MR) is 71.0 cm³/mol. The molecule has 1 unspecified atom stereocenters. The first-order chi connectivity index (χ1) is 8.72. The van der Waals surface area contributed by atoms with Crippen molar-refractivity contribution in [3.8, 4) is 0 Å². The first-order valence-electron chi connectivity index (χ1n) is 6.86. The standard InChI is InChI=1S/C15H20N2O/c16-14(18)15(17-10-11-7-8-11)9-3-5-12-4-1-2-6-13(12)15/h1-2,4,6,11,17H,3,5,7-10H2,(H2,16,18). The van der Waals surface area contributed by atoms with E-state index in [9.17, 15) is 4.79 Å². The summed E-state index contributed by atoms with van der Waals surface area (Å²) >= 11 is 0. The lowest BCUT2D eigenvalue weighted by molar-refractivity contribution is -0.125. The van der Waals surface area contributed by atoms with Crippen LogP contribution >= 0.6 is 0 Å². The van der Waals surface area contributed by atoms with Crippen LogP contribution in [-0.2, 0) is 16.8 Å². The van der Waals surface area contributed by atoms with Crippen molar-refractivity contribution in [3.63, 3.8) is 0 Å². The Morgan fingerprint density at radius 3 is 2.89 bits per heavy atom. The Bertz CT molecular complexity index is 467. The molecule has 3 heteroatoms. The number of hydrogen-bond acceptors (Lipinski definition) is 2. The van der Waals surface area contributed by atoms with Crippen LogP contribution in [0.1, 0.15) is 36.8 Å². The van der Waals surface area contributed by atoms with E-state index >= 15 is 0 Å². The summed E-state index contributed by atoms with van der Waals surface area (Å²) in [6.45, 7) is 0.914. The maximum Gasteiger partial charge on any atom is 0.242 e. The minimum atomic E-state index is -0.628. The molecule has 3 N–H and O–H groups in total. The topological polar surface area (TPSA) is 55.1 Å². The maximum absolute atomic E-state index is 12.0. The summed E-state index contributed by atoms with van der Waals surface area (Å²) in [6, 6.07) is 8.21. The Hall–Kier alpha value is -1.35. The number of nitrogens with one attached hydrogen (secondary N) is 1. The summed E-state index contributed by atoms with van der Waals surface area (Å²) in [7, 11) is 0. The van der Waals surface area contributed by atoms with Gasteiger partial charge in [0.15, 0.2) is 0 Å². The number of benzene rings is 1. The van der Waals surface area contributed by atoms with Crippen molar-refractivity contribution in [2.45, 2.75) is 37.6 Å². The highest BCUT2D eigenvalue weighted by Crippen LogP contribution is 2.37. The number of rotatable bonds is 4. The molecule has 96 valence electrons. The zero-order chi connectivity index (χ0) is 12.6. The number of nitrogens with two attached hydrogens (primary N) is 1. The monoisotopic (exact) mass is 244 g/mol. The molecule has 0 bridgehead atoms. The summed E-state index contributed by atoms with van der Waals surface area (Å²) < 4.78 is 0. The Balaban J connectivity index is 1.95. The lowest BCUT2D eigenvalue weighted by Crippen LogP contribution is -2.55. The van der Waals surface area contributed by atoms with Crippen LogP contribution in [0, 0.1) is 5.92 Å². The number of primary amides is 1. The van der Waals surface area contributed by atoms with Gasteiger partial charge in [-0.3, -0.25) is 10.1 Å². The van der Waals surface area contributed by atoms with Crippen molar-refractivity contribution in [1.82, 2.24) is 5.32 Å². The molecule has 0 saturated heterocycles. The van der Waals surface area contributed by atoms with Gasteiger partial charge < -0.3 is 5.73 Å². The van der Waals surface area contributed by atoms with Crippen molar-refractivity contribution in [2.75, 3.05) is 6.54 Å². The van der Waals surface area contributed by atoms with Gasteiger partial charge in [0.2, 0.25) is 5.91 Å². The third kappa shape index (κ3) is 1.93. The van der Waals surface area contributed by atoms with Gasteiger partial charge in [-0.15, -0.1) is 0 Å². The highest BCUT2D eigenvalue weighted by molar-refractivity contribution is 5.87. The second-order valence-electron chi connectivity index (χ2n) is 5.60. The van der Waals surface area contributed by atoms with Gasteiger partial charge in [0.1, 0.15) is 5.54 Å². The number of amides is 1. The Morgan fingerprint density at radius 2 is 2.17 bits per heavy atom. The average Bonchev–Trinajstić information content (AvgIpc) is 3.20. The average molecular weight is 244 g/mol. The summed E-state index contributed by atoms with van der Waals surface area (Å²) in [4.78, 5) is 12.0. The molecular formula is C15H20N2O. The van der Waals surface area contributed by atoms with E-state index in [1.165, 1.54) is 18.4 Å². The molecule has 1 atom stereocenters.